The van der Waals surface area contributed by atoms with Gasteiger partial charge in [-0.25, -0.2) is 0 Å². The smallest absolute Gasteiger partial charge is 0.306 e. The second kappa shape index (κ2) is 60.9. The van der Waals surface area contributed by atoms with E-state index in [0.717, 1.165) is 83.5 Å². The second-order valence-corrected chi connectivity index (χ2v) is 21.3. The van der Waals surface area contributed by atoms with Crippen molar-refractivity contribution in [1.29, 1.82) is 0 Å². The molecule has 0 saturated heterocycles. The maximum atomic E-state index is 12.9. The fourth-order valence-corrected chi connectivity index (χ4v) is 9.34. The van der Waals surface area contributed by atoms with Gasteiger partial charge < -0.3 is 14.2 Å². The standard InChI is InChI=1S/C66H120O6/c1-4-7-10-13-16-19-22-24-26-28-29-30-31-32-33-34-35-36-37-39-40-42-44-47-50-53-56-59-65(68)71-62-63(61-70-64(67)58-55-52-49-46-21-18-15-12-9-6-3)72-66(69)60-57-54-51-48-45-43-41-38-27-25-23-20-17-14-11-8-5-2/h8,11,17,20,25,27-29,63H,4-7,9-10,12-16,18-19,21-24,26,30-62H2,1-3H3/b11-8-,20-17-,27-25-,29-28-. The molecular weight excluding hydrogens is 889 g/mol. The van der Waals surface area contributed by atoms with Crippen LogP contribution in [0.2, 0.25) is 0 Å². The zero-order chi connectivity index (χ0) is 52.2. The maximum absolute atomic E-state index is 12.9. The molecule has 6 heteroatoms. The number of carbonyl (C=O) groups is 3. The number of carbonyl (C=O) groups excluding carboxylic acids is 3. The average molecular weight is 1010 g/mol. The molecule has 0 aliphatic heterocycles. The Morgan fingerprint density at radius 1 is 0.292 bits per heavy atom. The maximum Gasteiger partial charge on any atom is 0.306 e. The van der Waals surface area contributed by atoms with Crippen molar-refractivity contribution in [2.45, 2.75) is 341 Å². The van der Waals surface area contributed by atoms with Crippen molar-refractivity contribution in [1.82, 2.24) is 0 Å². The van der Waals surface area contributed by atoms with Crippen molar-refractivity contribution in [2.24, 2.45) is 0 Å². The van der Waals surface area contributed by atoms with Gasteiger partial charge in [0.05, 0.1) is 0 Å². The van der Waals surface area contributed by atoms with Gasteiger partial charge in [0.1, 0.15) is 13.2 Å². The van der Waals surface area contributed by atoms with Crippen LogP contribution in [0.25, 0.3) is 0 Å². The lowest BCUT2D eigenvalue weighted by Crippen LogP contribution is -2.30. The van der Waals surface area contributed by atoms with Gasteiger partial charge >= 0.3 is 17.9 Å². The Labute approximate surface area is 448 Å². The Balaban J connectivity index is 4.16. The third kappa shape index (κ3) is 58.3. The lowest BCUT2D eigenvalue weighted by Gasteiger charge is -2.18. The number of ether oxygens (including phenoxy) is 3. The lowest BCUT2D eigenvalue weighted by atomic mass is 10.0. The van der Waals surface area contributed by atoms with E-state index in [0.29, 0.717) is 19.3 Å². The van der Waals surface area contributed by atoms with Crippen molar-refractivity contribution in [3.63, 3.8) is 0 Å². The van der Waals surface area contributed by atoms with Gasteiger partial charge in [0.2, 0.25) is 0 Å². The number of esters is 3. The molecule has 6 nitrogen and oxygen atoms in total. The molecule has 0 saturated carbocycles. The average Bonchev–Trinajstić information content (AvgIpc) is 3.38. The summed E-state index contributed by atoms with van der Waals surface area (Å²) in [5, 5.41) is 0. The van der Waals surface area contributed by atoms with Crippen LogP contribution in [0.5, 0.6) is 0 Å². The van der Waals surface area contributed by atoms with E-state index < -0.39 is 6.10 Å². The van der Waals surface area contributed by atoms with Gasteiger partial charge in [0, 0.05) is 19.3 Å². The molecule has 420 valence electrons. The molecule has 0 N–H and O–H groups in total. The van der Waals surface area contributed by atoms with Gasteiger partial charge in [-0.1, -0.05) is 288 Å². The molecule has 0 aliphatic rings. The van der Waals surface area contributed by atoms with Crippen LogP contribution < -0.4 is 0 Å². The zero-order valence-electron chi connectivity index (χ0n) is 48.2. The first-order valence-electron chi connectivity index (χ1n) is 31.6. The predicted molar refractivity (Wildman–Crippen MR) is 312 cm³/mol. The Morgan fingerprint density at radius 2 is 0.542 bits per heavy atom. The quantitative estimate of drug-likeness (QED) is 0.0261. The van der Waals surface area contributed by atoms with Crippen molar-refractivity contribution < 1.29 is 28.6 Å². The number of rotatable bonds is 58. The molecule has 72 heavy (non-hydrogen) atoms. The van der Waals surface area contributed by atoms with Gasteiger partial charge in [-0.3, -0.25) is 14.4 Å². The first-order chi connectivity index (χ1) is 35.5. The highest BCUT2D eigenvalue weighted by Crippen LogP contribution is 2.17. The van der Waals surface area contributed by atoms with E-state index in [2.05, 4.69) is 69.4 Å². The van der Waals surface area contributed by atoms with Crippen molar-refractivity contribution in [3.8, 4) is 0 Å². The van der Waals surface area contributed by atoms with Crippen LogP contribution in [0.15, 0.2) is 48.6 Å². The monoisotopic (exact) mass is 1010 g/mol. The minimum Gasteiger partial charge on any atom is -0.462 e. The van der Waals surface area contributed by atoms with E-state index in [1.54, 1.807) is 0 Å². The molecule has 0 bridgehead atoms. The molecule has 0 aromatic rings. The van der Waals surface area contributed by atoms with Crippen LogP contribution >= 0.6 is 0 Å². The van der Waals surface area contributed by atoms with E-state index in [1.807, 2.05) is 0 Å². The molecule has 0 spiro atoms. The fraction of sp³-hybridized carbons (Fsp3) is 0.833. The van der Waals surface area contributed by atoms with Crippen LogP contribution in [0, 0.1) is 0 Å². The fourth-order valence-electron chi connectivity index (χ4n) is 9.34. The largest absolute Gasteiger partial charge is 0.462 e. The lowest BCUT2D eigenvalue weighted by molar-refractivity contribution is -0.167. The van der Waals surface area contributed by atoms with Gasteiger partial charge in [0.15, 0.2) is 6.10 Å². The van der Waals surface area contributed by atoms with Gasteiger partial charge in [0.25, 0.3) is 0 Å². The van der Waals surface area contributed by atoms with Crippen LogP contribution in [-0.4, -0.2) is 37.2 Å². The minimum atomic E-state index is -0.775. The number of hydrogen-bond donors (Lipinski definition) is 0. The summed E-state index contributed by atoms with van der Waals surface area (Å²) in [4.78, 5) is 38.2. The summed E-state index contributed by atoms with van der Waals surface area (Å²) < 4.78 is 16.9. The van der Waals surface area contributed by atoms with Crippen LogP contribution in [-0.2, 0) is 28.6 Å². The predicted octanol–water partition coefficient (Wildman–Crippen LogP) is 21.4. The first-order valence-corrected chi connectivity index (χ1v) is 31.6. The first kappa shape index (κ1) is 69.4. The molecule has 0 amide bonds. The summed E-state index contributed by atoms with van der Waals surface area (Å²) in [6.07, 6.45) is 75.6. The van der Waals surface area contributed by atoms with Gasteiger partial charge in [-0.2, -0.15) is 0 Å². The van der Waals surface area contributed by atoms with Crippen LogP contribution in [0.1, 0.15) is 335 Å². The Hall–Kier alpha value is -2.63. The third-order valence-electron chi connectivity index (χ3n) is 14.1. The van der Waals surface area contributed by atoms with Crippen molar-refractivity contribution >= 4 is 17.9 Å². The van der Waals surface area contributed by atoms with Gasteiger partial charge in [-0.15, -0.1) is 0 Å². The normalized spacial score (nSPS) is 12.3. The molecule has 1 atom stereocenters. The van der Waals surface area contributed by atoms with Crippen molar-refractivity contribution in [3.05, 3.63) is 48.6 Å². The molecular formula is C66H120O6. The molecule has 0 fully saturated rings. The SMILES string of the molecule is CC/C=C\C/C=C\C/C=C\CCCCCCCCCC(=O)OC(COC(=O)CCCCCCCCCCCC)COC(=O)CCCCCCCCCCCCCCCCC/C=C\CCCCCCCCCC. The van der Waals surface area contributed by atoms with E-state index in [9.17, 15) is 14.4 Å². The zero-order valence-corrected chi connectivity index (χ0v) is 48.2. The molecule has 0 rings (SSSR count). The Kier molecular flexibility index (Phi) is 58.7. The third-order valence-corrected chi connectivity index (χ3v) is 14.1. The summed E-state index contributed by atoms with van der Waals surface area (Å²) in [5.74, 6) is -0.867. The number of unbranched alkanes of at least 4 members (excludes halogenated alkanes) is 39. The number of allylic oxidation sites excluding steroid dienone is 8. The van der Waals surface area contributed by atoms with Gasteiger partial charge in [-0.05, 0) is 77.0 Å². The molecule has 0 aromatic carbocycles. The highest BCUT2D eigenvalue weighted by atomic mass is 16.6. The summed E-state index contributed by atoms with van der Waals surface area (Å²) in [6, 6.07) is 0. The Bertz CT molecular complexity index is 1250. The topological polar surface area (TPSA) is 78.9 Å². The molecule has 1 unspecified atom stereocenters. The minimum absolute atomic E-state index is 0.0734. The molecule has 0 heterocycles. The Morgan fingerprint density at radius 3 is 0.861 bits per heavy atom. The summed E-state index contributed by atoms with van der Waals surface area (Å²) in [5.41, 5.74) is 0. The summed E-state index contributed by atoms with van der Waals surface area (Å²) in [6.45, 7) is 6.55. The molecule has 0 aliphatic carbocycles. The molecule has 0 radical (unpaired) electrons. The second-order valence-electron chi connectivity index (χ2n) is 21.3. The molecule has 0 aromatic heterocycles. The van der Waals surface area contributed by atoms with E-state index in [-0.39, 0.29) is 31.1 Å². The summed E-state index contributed by atoms with van der Waals surface area (Å²) >= 11 is 0. The summed E-state index contributed by atoms with van der Waals surface area (Å²) in [7, 11) is 0. The highest BCUT2D eigenvalue weighted by molar-refractivity contribution is 5.71. The van der Waals surface area contributed by atoms with E-state index >= 15 is 0 Å². The highest BCUT2D eigenvalue weighted by Gasteiger charge is 2.19. The van der Waals surface area contributed by atoms with Crippen molar-refractivity contribution in [2.75, 3.05) is 13.2 Å². The van der Waals surface area contributed by atoms with Crippen LogP contribution in [0.3, 0.4) is 0 Å². The van der Waals surface area contributed by atoms with E-state index in [4.69, 9.17) is 14.2 Å². The number of hydrogen-bond acceptors (Lipinski definition) is 6. The van der Waals surface area contributed by atoms with E-state index in [1.165, 1.54) is 212 Å². The van der Waals surface area contributed by atoms with Crippen LogP contribution in [0.4, 0.5) is 0 Å².